The van der Waals surface area contributed by atoms with Crippen LogP contribution in [0.25, 0.3) is 4.96 Å². The molecule has 0 unspecified atom stereocenters. The number of hydrogen-bond donors (Lipinski definition) is 0. The van der Waals surface area contributed by atoms with Crippen LogP contribution < -0.4 is 5.56 Å². The van der Waals surface area contributed by atoms with E-state index in [0.29, 0.717) is 10.7 Å². The molecule has 16 heavy (non-hydrogen) atoms. The molecule has 6 heteroatoms. The predicted octanol–water partition coefficient (Wildman–Crippen LogP) is 1.84. The van der Waals surface area contributed by atoms with Crippen molar-refractivity contribution in [1.82, 2.24) is 14.6 Å². The van der Waals surface area contributed by atoms with Crippen LogP contribution in [0.3, 0.4) is 0 Å². The molecule has 0 aromatic carbocycles. The van der Waals surface area contributed by atoms with Crippen molar-refractivity contribution >= 4 is 27.9 Å². The van der Waals surface area contributed by atoms with Gasteiger partial charge in [0.15, 0.2) is 0 Å². The van der Waals surface area contributed by atoms with Gasteiger partial charge in [0, 0.05) is 12.5 Å². The van der Waals surface area contributed by atoms with E-state index in [2.05, 4.69) is 10.1 Å². The Bertz CT molecular complexity index is 587. The van der Waals surface area contributed by atoms with E-state index in [1.54, 1.807) is 0 Å². The summed E-state index contributed by atoms with van der Waals surface area (Å²) in [6, 6.07) is 1.45. The lowest BCUT2D eigenvalue weighted by Gasteiger charge is -1.92. The first-order valence-corrected chi connectivity index (χ1v) is 6.56. The Balaban J connectivity index is 2.08. The first kappa shape index (κ1) is 10.2. The Morgan fingerprint density at radius 1 is 1.56 bits per heavy atom. The van der Waals surface area contributed by atoms with Crippen LogP contribution in [0.4, 0.5) is 0 Å². The second kappa shape index (κ2) is 3.82. The summed E-state index contributed by atoms with van der Waals surface area (Å²) < 4.78 is 1.37. The highest BCUT2D eigenvalue weighted by Gasteiger charge is 2.23. The SMILES string of the molecule is O=c1cc(CCl)nc2sc(CC3CC3)nn12. The molecule has 0 spiro atoms. The molecule has 84 valence electrons. The molecule has 1 fully saturated rings. The molecule has 3 rings (SSSR count). The van der Waals surface area contributed by atoms with Gasteiger partial charge in [-0.2, -0.15) is 9.61 Å². The maximum Gasteiger partial charge on any atom is 0.275 e. The summed E-state index contributed by atoms with van der Waals surface area (Å²) in [7, 11) is 0. The molecular weight excluding hydrogens is 246 g/mol. The third-order valence-electron chi connectivity index (χ3n) is 2.64. The van der Waals surface area contributed by atoms with Gasteiger partial charge in [0.25, 0.3) is 5.56 Å². The molecule has 1 aliphatic carbocycles. The number of halogens is 1. The van der Waals surface area contributed by atoms with Crippen LogP contribution in [0.5, 0.6) is 0 Å². The van der Waals surface area contributed by atoms with Crippen molar-refractivity contribution in [3.8, 4) is 0 Å². The molecule has 0 N–H and O–H groups in total. The quantitative estimate of drug-likeness (QED) is 0.787. The Kier molecular flexibility index (Phi) is 2.44. The first-order valence-electron chi connectivity index (χ1n) is 5.21. The molecule has 0 aliphatic heterocycles. The third-order valence-corrected chi connectivity index (χ3v) is 3.84. The van der Waals surface area contributed by atoms with Crippen LogP contribution >= 0.6 is 22.9 Å². The third kappa shape index (κ3) is 1.85. The fraction of sp³-hybridized carbons (Fsp3) is 0.500. The van der Waals surface area contributed by atoms with Gasteiger partial charge in [0.2, 0.25) is 4.96 Å². The zero-order valence-electron chi connectivity index (χ0n) is 8.52. The van der Waals surface area contributed by atoms with Crippen molar-refractivity contribution in [2.75, 3.05) is 0 Å². The average molecular weight is 256 g/mol. The summed E-state index contributed by atoms with van der Waals surface area (Å²) in [4.78, 5) is 16.6. The number of alkyl halides is 1. The molecule has 0 amide bonds. The molecule has 0 radical (unpaired) electrons. The number of hydrogen-bond acceptors (Lipinski definition) is 4. The second-order valence-corrected chi connectivity index (χ2v) is 5.36. The van der Waals surface area contributed by atoms with E-state index in [1.807, 2.05) is 0 Å². The van der Waals surface area contributed by atoms with E-state index in [-0.39, 0.29) is 11.4 Å². The average Bonchev–Trinajstić information content (AvgIpc) is 2.96. The van der Waals surface area contributed by atoms with Crippen molar-refractivity contribution in [3.05, 3.63) is 27.1 Å². The fourth-order valence-electron chi connectivity index (χ4n) is 1.62. The van der Waals surface area contributed by atoms with Crippen molar-refractivity contribution in [1.29, 1.82) is 0 Å². The van der Waals surface area contributed by atoms with Crippen LogP contribution in [0.1, 0.15) is 23.5 Å². The van der Waals surface area contributed by atoms with E-state index < -0.39 is 0 Å². The van der Waals surface area contributed by atoms with Gasteiger partial charge in [0.1, 0.15) is 5.01 Å². The lowest BCUT2D eigenvalue weighted by molar-refractivity contribution is 0.777. The fourth-order valence-corrected chi connectivity index (χ4v) is 2.79. The summed E-state index contributed by atoms with van der Waals surface area (Å²) in [6.07, 6.45) is 3.54. The van der Waals surface area contributed by atoms with Gasteiger partial charge in [-0.25, -0.2) is 4.98 Å². The van der Waals surface area contributed by atoms with Gasteiger partial charge >= 0.3 is 0 Å². The summed E-state index contributed by atoms with van der Waals surface area (Å²) in [5.74, 6) is 1.03. The van der Waals surface area contributed by atoms with Crippen molar-refractivity contribution in [2.24, 2.45) is 5.92 Å². The van der Waals surface area contributed by atoms with Gasteiger partial charge in [-0.1, -0.05) is 11.3 Å². The molecule has 1 aliphatic rings. The zero-order valence-corrected chi connectivity index (χ0v) is 10.1. The summed E-state index contributed by atoms with van der Waals surface area (Å²) >= 11 is 7.17. The largest absolute Gasteiger partial charge is 0.275 e. The monoisotopic (exact) mass is 255 g/mol. The highest BCUT2D eigenvalue weighted by Crippen LogP contribution is 2.33. The predicted molar refractivity (Wildman–Crippen MR) is 63.1 cm³/mol. The van der Waals surface area contributed by atoms with Gasteiger partial charge < -0.3 is 0 Å². The van der Waals surface area contributed by atoms with E-state index in [1.165, 1.54) is 34.8 Å². The topological polar surface area (TPSA) is 47.3 Å². The van der Waals surface area contributed by atoms with E-state index in [0.717, 1.165) is 17.3 Å². The number of fused-ring (bicyclic) bond motifs is 1. The van der Waals surface area contributed by atoms with E-state index in [4.69, 9.17) is 11.6 Å². The zero-order chi connectivity index (χ0) is 11.1. The smallest absolute Gasteiger partial charge is 0.267 e. The molecule has 2 heterocycles. The Labute approximate surface area is 101 Å². The highest BCUT2D eigenvalue weighted by atomic mass is 35.5. The van der Waals surface area contributed by atoms with Crippen LogP contribution in [0.2, 0.25) is 0 Å². The van der Waals surface area contributed by atoms with Crippen LogP contribution in [0.15, 0.2) is 10.9 Å². The summed E-state index contributed by atoms with van der Waals surface area (Å²) in [5, 5.41) is 5.28. The minimum Gasteiger partial charge on any atom is -0.267 e. The van der Waals surface area contributed by atoms with Gasteiger partial charge in [-0.05, 0) is 18.8 Å². The van der Waals surface area contributed by atoms with Crippen LogP contribution in [-0.4, -0.2) is 14.6 Å². The maximum absolute atomic E-state index is 11.7. The normalized spacial score (nSPS) is 15.8. The van der Waals surface area contributed by atoms with Gasteiger partial charge in [0.05, 0.1) is 11.6 Å². The minimum atomic E-state index is -0.140. The standard InChI is InChI=1S/C10H10ClN3OS/c11-5-7-4-9(15)14-10(12-7)16-8(13-14)3-6-1-2-6/h4,6H,1-3,5H2. The van der Waals surface area contributed by atoms with Crippen LogP contribution in [0, 0.1) is 5.92 Å². The minimum absolute atomic E-state index is 0.140. The summed E-state index contributed by atoms with van der Waals surface area (Å²) in [5.41, 5.74) is 0.479. The summed E-state index contributed by atoms with van der Waals surface area (Å²) in [6.45, 7) is 0. The molecular formula is C10H10ClN3OS. The van der Waals surface area contributed by atoms with E-state index >= 15 is 0 Å². The molecule has 0 atom stereocenters. The lowest BCUT2D eigenvalue weighted by Crippen LogP contribution is -2.15. The van der Waals surface area contributed by atoms with Crippen LogP contribution in [-0.2, 0) is 12.3 Å². The molecule has 2 aromatic heterocycles. The Morgan fingerprint density at radius 3 is 3.06 bits per heavy atom. The Morgan fingerprint density at radius 2 is 2.38 bits per heavy atom. The van der Waals surface area contributed by atoms with Crippen molar-refractivity contribution in [3.63, 3.8) is 0 Å². The molecule has 0 saturated heterocycles. The number of aromatic nitrogens is 3. The Hall–Kier alpha value is -0.940. The molecule has 2 aromatic rings. The first-order chi connectivity index (χ1) is 7.76. The maximum atomic E-state index is 11.7. The number of rotatable bonds is 3. The lowest BCUT2D eigenvalue weighted by atomic mass is 10.3. The van der Waals surface area contributed by atoms with E-state index in [9.17, 15) is 4.79 Å². The number of nitrogens with zero attached hydrogens (tertiary/aromatic N) is 3. The molecule has 4 nitrogen and oxygen atoms in total. The molecule has 1 saturated carbocycles. The highest BCUT2D eigenvalue weighted by molar-refractivity contribution is 7.16. The van der Waals surface area contributed by atoms with Gasteiger partial charge in [-0.15, -0.1) is 11.6 Å². The molecule has 0 bridgehead atoms. The van der Waals surface area contributed by atoms with Crippen molar-refractivity contribution < 1.29 is 0 Å². The van der Waals surface area contributed by atoms with Gasteiger partial charge in [-0.3, -0.25) is 4.79 Å². The van der Waals surface area contributed by atoms with Crippen molar-refractivity contribution in [2.45, 2.75) is 25.1 Å². The second-order valence-electron chi connectivity index (χ2n) is 4.06.